The van der Waals surface area contributed by atoms with Gasteiger partial charge in [0, 0.05) is 31.4 Å². The van der Waals surface area contributed by atoms with Crippen LogP contribution >= 0.6 is 0 Å². The quantitative estimate of drug-likeness (QED) is 0.844. The molecule has 1 aliphatic heterocycles. The second-order valence-electron chi connectivity index (χ2n) is 5.27. The summed E-state index contributed by atoms with van der Waals surface area (Å²) in [5.74, 6) is 0. The van der Waals surface area contributed by atoms with Crippen molar-refractivity contribution in [3.8, 4) is 0 Å². The van der Waals surface area contributed by atoms with E-state index >= 15 is 0 Å². The fourth-order valence-corrected chi connectivity index (χ4v) is 2.30. The van der Waals surface area contributed by atoms with Gasteiger partial charge in [0.1, 0.15) is 0 Å². The summed E-state index contributed by atoms with van der Waals surface area (Å²) in [7, 11) is 0. The molecule has 0 aliphatic carbocycles. The van der Waals surface area contributed by atoms with E-state index in [1.807, 2.05) is 4.68 Å². The van der Waals surface area contributed by atoms with Gasteiger partial charge in [0.05, 0.1) is 11.8 Å². The third-order valence-corrected chi connectivity index (χ3v) is 3.83. The fourth-order valence-electron chi connectivity index (χ4n) is 2.30. The molecule has 4 nitrogen and oxygen atoms in total. The number of hydrogen-bond donors (Lipinski definition) is 1. The lowest BCUT2D eigenvalue weighted by Gasteiger charge is -2.19. The fraction of sp³-hybridized carbons (Fsp3) is 0.786. The van der Waals surface area contributed by atoms with E-state index in [4.69, 9.17) is 4.74 Å². The van der Waals surface area contributed by atoms with Gasteiger partial charge in [0.2, 0.25) is 0 Å². The van der Waals surface area contributed by atoms with E-state index in [0.717, 1.165) is 25.3 Å². The standard InChI is InChI=1S/C14H25N3O/c1-4-11(2)17-8-7-13(16-17)10-15-12(3)14-6-5-9-18-14/h7-8,11-12,14-15H,4-6,9-10H2,1-3H3. The van der Waals surface area contributed by atoms with Crippen molar-refractivity contribution in [2.24, 2.45) is 0 Å². The molecule has 1 fully saturated rings. The first-order chi connectivity index (χ1) is 8.70. The van der Waals surface area contributed by atoms with E-state index in [1.54, 1.807) is 0 Å². The lowest BCUT2D eigenvalue weighted by Crippen LogP contribution is -2.36. The van der Waals surface area contributed by atoms with Crippen LogP contribution in [0.2, 0.25) is 0 Å². The summed E-state index contributed by atoms with van der Waals surface area (Å²) in [5.41, 5.74) is 1.11. The van der Waals surface area contributed by atoms with Crippen molar-refractivity contribution in [2.75, 3.05) is 6.61 Å². The number of hydrogen-bond acceptors (Lipinski definition) is 3. The predicted molar refractivity (Wildman–Crippen MR) is 72.5 cm³/mol. The summed E-state index contributed by atoms with van der Waals surface area (Å²) in [5, 5.41) is 8.10. The topological polar surface area (TPSA) is 39.1 Å². The molecule has 1 aromatic heterocycles. The molecular weight excluding hydrogens is 226 g/mol. The first kappa shape index (κ1) is 13.6. The average molecular weight is 251 g/mol. The van der Waals surface area contributed by atoms with Crippen molar-refractivity contribution in [2.45, 2.75) is 64.8 Å². The molecule has 102 valence electrons. The van der Waals surface area contributed by atoms with Crippen LogP contribution in [-0.2, 0) is 11.3 Å². The Labute approximate surface area is 110 Å². The molecule has 1 saturated heterocycles. The van der Waals surface area contributed by atoms with E-state index in [0.29, 0.717) is 18.2 Å². The van der Waals surface area contributed by atoms with Gasteiger partial charge in [-0.05, 0) is 39.2 Å². The molecule has 0 aromatic carbocycles. The SMILES string of the molecule is CCC(C)n1ccc(CNC(C)C2CCCO2)n1. The van der Waals surface area contributed by atoms with Crippen LogP contribution in [-0.4, -0.2) is 28.5 Å². The minimum Gasteiger partial charge on any atom is -0.377 e. The smallest absolute Gasteiger partial charge is 0.0762 e. The van der Waals surface area contributed by atoms with Crippen LogP contribution in [0.3, 0.4) is 0 Å². The van der Waals surface area contributed by atoms with E-state index in [1.165, 1.54) is 12.8 Å². The van der Waals surface area contributed by atoms with Crippen molar-refractivity contribution in [1.82, 2.24) is 15.1 Å². The van der Waals surface area contributed by atoms with Crippen LogP contribution in [0.15, 0.2) is 12.3 Å². The Balaban J connectivity index is 1.80. The highest BCUT2D eigenvalue weighted by Crippen LogP contribution is 2.16. The maximum absolute atomic E-state index is 5.68. The Bertz CT molecular complexity index is 358. The molecule has 4 heteroatoms. The Kier molecular flexibility index (Phi) is 4.78. The minimum absolute atomic E-state index is 0.377. The summed E-state index contributed by atoms with van der Waals surface area (Å²) >= 11 is 0. The van der Waals surface area contributed by atoms with E-state index in [-0.39, 0.29) is 0 Å². The maximum Gasteiger partial charge on any atom is 0.0762 e. The maximum atomic E-state index is 5.68. The van der Waals surface area contributed by atoms with Gasteiger partial charge in [0.25, 0.3) is 0 Å². The second kappa shape index (κ2) is 6.34. The van der Waals surface area contributed by atoms with Crippen LogP contribution < -0.4 is 5.32 Å². The van der Waals surface area contributed by atoms with Gasteiger partial charge < -0.3 is 10.1 Å². The summed E-state index contributed by atoms with van der Waals surface area (Å²) < 4.78 is 7.73. The summed E-state index contributed by atoms with van der Waals surface area (Å²) in [6.45, 7) is 8.31. The van der Waals surface area contributed by atoms with Crippen LogP contribution in [0.25, 0.3) is 0 Å². The number of rotatable bonds is 6. The van der Waals surface area contributed by atoms with Gasteiger partial charge in [-0.25, -0.2) is 0 Å². The molecule has 0 bridgehead atoms. The molecule has 18 heavy (non-hydrogen) atoms. The largest absolute Gasteiger partial charge is 0.377 e. The first-order valence-electron chi connectivity index (χ1n) is 7.09. The second-order valence-corrected chi connectivity index (χ2v) is 5.27. The lowest BCUT2D eigenvalue weighted by atomic mass is 10.1. The lowest BCUT2D eigenvalue weighted by molar-refractivity contribution is 0.0830. The van der Waals surface area contributed by atoms with Crippen LogP contribution in [0.4, 0.5) is 0 Å². The Hall–Kier alpha value is -0.870. The average Bonchev–Trinajstić information content (AvgIpc) is 3.05. The number of ether oxygens (including phenoxy) is 1. The highest BCUT2D eigenvalue weighted by Gasteiger charge is 2.21. The zero-order chi connectivity index (χ0) is 13.0. The van der Waals surface area contributed by atoms with E-state index < -0.39 is 0 Å². The van der Waals surface area contributed by atoms with Gasteiger partial charge in [-0.3, -0.25) is 4.68 Å². The molecule has 2 heterocycles. The van der Waals surface area contributed by atoms with Crippen molar-refractivity contribution in [1.29, 1.82) is 0 Å². The summed E-state index contributed by atoms with van der Waals surface area (Å²) in [6, 6.07) is 2.98. The highest BCUT2D eigenvalue weighted by atomic mass is 16.5. The van der Waals surface area contributed by atoms with Gasteiger partial charge >= 0.3 is 0 Å². The Morgan fingerprint density at radius 1 is 1.56 bits per heavy atom. The van der Waals surface area contributed by atoms with Gasteiger partial charge in [0.15, 0.2) is 0 Å². The summed E-state index contributed by atoms with van der Waals surface area (Å²) in [4.78, 5) is 0. The van der Waals surface area contributed by atoms with Crippen molar-refractivity contribution in [3.63, 3.8) is 0 Å². The Morgan fingerprint density at radius 2 is 2.39 bits per heavy atom. The molecular formula is C14H25N3O. The number of nitrogens with one attached hydrogen (secondary N) is 1. The molecule has 1 aromatic rings. The molecule has 0 amide bonds. The van der Waals surface area contributed by atoms with Crippen LogP contribution in [0.5, 0.6) is 0 Å². The van der Waals surface area contributed by atoms with Crippen molar-refractivity contribution in [3.05, 3.63) is 18.0 Å². The monoisotopic (exact) mass is 251 g/mol. The zero-order valence-electron chi connectivity index (χ0n) is 11.7. The van der Waals surface area contributed by atoms with Crippen LogP contribution in [0, 0.1) is 0 Å². The number of nitrogens with zero attached hydrogens (tertiary/aromatic N) is 2. The van der Waals surface area contributed by atoms with Crippen molar-refractivity contribution >= 4 is 0 Å². The molecule has 1 aliphatic rings. The third kappa shape index (κ3) is 3.33. The molecule has 0 spiro atoms. The Morgan fingerprint density at radius 3 is 3.06 bits per heavy atom. The highest BCUT2D eigenvalue weighted by molar-refractivity contribution is 4.99. The molecule has 2 rings (SSSR count). The van der Waals surface area contributed by atoms with Crippen LogP contribution in [0.1, 0.15) is 51.8 Å². The molecule has 0 saturated carbocycles. The summed E-state index contributed by atoms with van der Waals surface area (Å²) in [6.07, 6.45) is 5.93. The van der Waals surface area contributed by atoms with Gasteiger partial charge in [-0.1, -0.05) is 6.92 Å². The molecule has 3 unspecified atom stereocenters. The van der Waals surface area contributed by atoms with Gasteiger partial charge in [-0.15, -0.1) is 0 Å². The van der Waals surface area contributed by atoms with Crippen molar-refractivity contribution < 1.29 is 4.74 Å². The first-order valence-corrected chi connectivity index (χ1v) is 7.09. The van der Waals surface area contributed by atoms with E-state index in [2.05, 4.69) is 43.4 Å². The number of aromatic nitrogens is 2. The molecule has 0 radical (unpaired) electrons. The van der Waals surface area contributed by atoms with E-state index in [9.17, 15) is 0 Å². The zero-order valence-corrected chi connectivity index (χ0v) is 11.7. The molecule has 3 atom stereocenters. The van der Waals surface area contributed by atoms with Gasteiger partial charge in [-0.2, -0.15) is 5.10 Å². The predicted octanol–water partition coefficient (Wildman–Crippen LogP) is 2.51. The molecule has 1 N–H and O–H groups in total. The third-order valence-electron chi connectivity index (χ3n) is 3.83. The normalized spacial score (nSPS) is 23.2. The minimum atomic E-state index is 0.377.